The molecule has 1 heterocycles. The lowest BCUT2D eigenvalue weighted by atomic mass is 10.2. The summed E-state index contributed by atoms with van der Waals surface area (Å²) in [6.07, 6.45) is 2.14. The van der Waals surface area contributed by atoms with Crippen LogP contribution in [-0.2, 0) is 11.8 Å². The fraction of sp³-hybridized carbons (Fsp3) is 0.412. The number of nitrogens with zero attached hydrogens (tertiary/aromatic N) is 2. The van der Waals surface area contributed by atoms with Gasteiger partial charge in [0.05, 0.1) is 12.3 Å². The van der Waals surface area contributed by atoms with E-state index < -0.39 is 0 Å². The third-order valence-electron chi connectivity index (χ3n) is 3.33. The molecule has 0 radical (unpaired) electrons. The maximum atomic E-state index is 11.9. The molecule has 0 saturated carbocycles. The van der Waals surface area contributed by atoms with E-state index in [-0.39, 0.29) is 5.91 Å². The second kappa shape index (κ2) is 7.64. The first-order valence-electron chi connectivity index (χ1n) is 7.54. The Balaban J connectivity index is 1.64. The molecule has 0 saturated heterocycles. The van der Waals surface area contributed by atoms with E-state index in [1.807, 2.05) is 51.2 Å². The Morgan fingerprint density at radius 1 is 1.27 bits per heavy atom. The van der Waals surface area contributed by atoms with Crippen molar-refractivity contribution in [3.8, 4) is 5.75 Å². The van der Waals surface area contributed by atoms with Gasteiger partial charge in [-0.2, -0.15) is 5.10 Å². The van der Waals surface area contributed by atoms with Gasteiger partial charge < -0.3 is 10.1 Å². The third-order valence-corrected chi connectivity index (χ3v) is 3.33. The van der Waals surface area contributed by atoms with E-state index in [1.165, 1.54) is 5.56 Å². The summed E-state index contributed by atoms with van der Waals surface area (Å²) < 4.78 is 7.34. The summed E-state index contributed by atoms with van der Waals surface area (Å²) in [7, 11) is 1.82. The Labute approximate surface area is 131 Å². The molecule has 5 heteroatoms. The number of nitrogens with one attached hydrogen (secondary N) is 1. The molecule has 1 amide bonds. The quantitative estimate of drug-likeness (QED) is 0.799. The van der Waals surface area contributed by atoms with Crippen LogP contribution in [0, 0.1) is 13.8 Å². The first-order valence-corrected chi connectivity index (χ1v) is 7.54. The van der Waals surface area contributed by atoms with Gasteiger partial charge in [-0.05, 0) is 44.4 Å². The molecule has 1 aromatic heterocycles. The lowest BCUT2D eigenvalue weighted by molar-refractivity contribution is -0.116. The van der Waals surface area contributed by atoms with Crippen LogP contribution in [0.2, 0.25) is 0 Å². The molecule has 0 bridgehead atoms. The predicted octanol–water partition coefficient (Wildman–Crippen LogP) is 3.22. The van der Waals surface area contributed by atoms with Crippen molar-refractivity contribution in [1.82, 2.24) is 9.78 Å². The maximum absolute atomic E-state index is 11.9. The second-order valence-electron chi connectivity index (χ2n) is 5.46. The first-order chi connectivity index (χ1) is 10.5. The number of anilines is 1. The number of carbonyl (C=O) groups is 1. The van der Waals surface area contributed by atoms with Crippen LogP contribution in [0.3, 0.4) is 0 Å². The molecular weight excluding hydrogens is 278 g/mol. The van der Waals surface area contributed by atoms with Crippen molar-refractivity contribution >= 4 is 11.7 Å². The third kappa shape index (κ3) is 4.91. The summed E-state index contributed by atoms with van der Waals surface area (Å²) in [6, 6.07) is 9.84. The Bertz CT molecular complexity index is 635. The van der Waals surface area contributed by atoms with Gasteiger partial charge in [0.1, 0.15) is 11.6 Å². The van der Waals surface area contributed by atoms with Crippen molar-refractivity contribution in [3.05, 3.63) is 41.6 Å². The van der Waals surface area contributed by atoms with Crippen molar-refractivity contribution in [2.75, 3.05) is 11.9 Å². The lowest BCUT2D eigenvalue weighted by Crippen LogP contribution is -2.14. The van der Waals surface area contributed by atoms with Crippen LogP contribution in [0.25, 0.3) is 0 Å². The standard InChI is InChI=1S/C17H23N3O2/c1-13-7-6-8-15(11-13)22-10-5-4-9-17(21)18-16-12-14(2)19-20(16)3/h6-8,11-12H,4-5,9-10H2,1-3H3,(H,18,21). The van der Waals surface area contributed by atoms with Crippen LogP contribution in [0.5, 0.6) is 5.75 Å². The Morgan fingerprint density at radius 2 is 2.09 bits per heavy atom. The van der Waals surface area contributed by atoms with E-state index in [2.05, 4.69) is 10.4 Å². The van der Waals surface area contributed by atoms with E-state index in [0.29, 0.717) is 13.0 Å². The number of hydrogen-bond donors (Lipinski definition) is 1. The smallest absolute Gasteiger partial charge is 0.225 e. The Morgan fingerprint density at radius 3 is 2.77 bits per heavy atom. The molecule has 5 nitrogen and oxygen atoms in total. The van der Waals surface area contributed by atoms with Gasteiger partial charge in [0.25, 0.3) is 0 Å². The monoisotopic (exact) mass is 301 g/mol. The van der Waals surface area contributed by atoms with Gasteiger partial charge in [-0.15, -0.1) is 0 Å². The molecule has 2 rings (SSSR count). The molecule has 0 aliphatic rings. The van der Waals surface area contributed by atoms with Crippen molar-refractivity contribution < 1.29 is 9.53 Å². The van der Waals surface area contributed by atoms with Crippen LogP contribution in [0.4, 0.5) is 5.82 Å². The average molecular weight is 301 g/mol. The van der Waals surface area contributed by atoms with Gasteiger partial charge in [0.2, 0.25) is 5.91 Å². The number of hydrogen-bond acceptors (Lipinski definition) is 3. The molecule has 0 unspecified atom stereocenters. The average Bonchev–Trinajstić information content (AvgIpc) is 2.76. The van der Waals surface area contributed by atoms with E-state index in [9.17, 15) is 4.79 Å². The highest BCUT2D eigenvalue weighted by Crippen LogP contribution is 2.13. The van der Waals surface area contributed by atoms with Gasteiger partial charge >= 0.3 is 0 Å². The highest BCUT2D eigenvalue weighted by atomic mass is 16.5. The fourth-order valence-corrected chi connectivity index (χ4v) is 2.22. The number of benzene rings is 1. The molecule has 0 atom stereocenters. The number of ether oxygens (including phenoxy) is 1. The number of carbonyl (C=O) groups excluding carboxylic acids is 1. The van der Waals surface area contributed by atoms with Crippen LogP contribution in [0.15, 0.2) is 30.3 Å². The van der Waals surface area contributed by atoms with Gasteiger partial charge in [0, 0.05) is 19.5 Å². The molecule has 22 heavy (non-hydrogen) atoms. The maximum Gasteiger partial charge on any atom is 0.225 e. The zero-order valence-corrected chi connectivity index (χ0v) is 13.4. The lowest BCUT2D eigenvalue weighted by Gasteiger charge is -2.07. The van der Waals surface area contributed by atoms with Crippen LogP contribution >= 0.6 is 0 Å². The topological polar surface area (TPSA) is 56.1 Å². The molecule has 0 spiro atoms. The zero-order valence-electron chi connectivity index (χ0n) is 13.4. The SMILES string of the molecule is Cc1cccc(OCCCCC(=O)Nc2cc(C)nn2C)c1. The number of amides is 1. The summed E-state index contributed by atoms with van der Waals surface area (Å²) in [5, 5.41) is 7.06. The molecule has 0 aliphatic carbocycles. The van der Waals surface area contributed by atoms with Crippen molar-refractivity contribution in [1.29, 1.82) is 0 Å². The van der Waals surface area contributed by atoms with E-state index in [0.717, 1.165) is 30.1 Å². The minimum Gasteiger partial charge on any atom is -0.494 e. The normalized spacial score (nSPS) is 10.5. The number of rotatable bonds is 7. The predicted molar refractivity (Wildman–Crippen MR) is 87.1 cm³/mol. The Hall–Kier alpha value is -2.30. The number of aromatic nitrogens is 2. The molecular formula is C17H23N3O2. The minimum absolute atomic E-state index is 0.0126. The van der Waals surface area contributed by atoms with Crippen LogP contribution in [-0.4, -0.2) is 22.3 Å². The summed E-state index contributed by atoms with van der Waals surface area (Å²) in [5.41, 5.74) is 2.08. The fourth-order valence-electron chi connectivity index (χ4n) is 2.22. The minimum atomic E-state index is 0.0126. The van der Waals surface area contributed by atoms with Gasteiger partial charge in [-0.25, -0.2) is 0 Å². The van der Waals surface area contributed by atoms with E-state index in [1.54, 1.807) is 4.68 Å². The molecule has 0 fully saturated rings. The van der Waals surface area contributed by atoms with Gasteiger partial charge in [-0.1, -0.05) is 12.1 Å². The van der Waals surface area contributed by atoms with Crippen molar-refractivity contribution in [2.24, 2.45) is 7.05 Å². The van der Waals surface area contributed by atoms with Crippen molar-refractivity contribution in [3.63, 3.8) is 0 Å². The highest BCUT2D eigenvalue weighted by molar-refractivity contribution is 5.89. The summed E-state index contributed by atoms with van der Waals surface area (Å²) in [4.78, 5) is 11.9. The largest absolute Gasteiger partial charge is 0.494 e. The van der Waals surface area contributed by atoms with Gasteiger partial charge in [-0.3, -0.25) is 9.48 Å². The summed E-state index contributed by atoms with van der Waals surface area (Å²) in [5.74, 6) is 1.63. The number of unbranched alkanes of at least 4 members (excludes halogenated alkanes) is 1. The zero-order chi connectivity index (χ0) is 15.9. The molecule has 1 aromatic carbocycles. The summed E-state index contributed by atoms with van der Waals surface area (Å²) in [6.45, 7) is 4.57. The van der Waals surface area contributed by atoms with E-state index in [4.69, 9.17) is 4.74 Å². The molecule has 2 aromatic rings. The van der Waals surface area contributed by atoms with Gasteiger partial charge in [0.15, 0.2) is 0 Å². The van der Waals surface area contributed by atoms with Crippen LogP contribution in [0.1, 0.15) is 30.5 Å². The van der Waals surface area contributed by atoms with Crippen LogP contribution < -0.4 is 10.1 Å². The highest BCUT2D eigenvalue weighted by Gasteiger charge is 2.06. The second-order valence-corrected chi connectivity index (χ2v) is 5.46. The molecule has 0 aliphatic heterocycles. The summed E-state index contributed by atoms with van der Waals surface area (Å²) >= 11 is 0. The first kappa shape index (κ1) is 16.1. The molecule has 1 N–H and O–H groups in total. The number of aryl methyl sites for hydroxylation is 3. The van der Waals surface area contributed by atoms with E-state index >= 15 is 0 Å². The Kier molecular flexibility index (Phi) is 5.58. The van der Waals surface area contributed by atoms with Crippen molar-refractivity contribution in [2.45, 2.75) is 33.1 Å². The molecule has 118 valence electrons.